The Bertz CT molecular complexity index is 1160. The van der Waals surface area contributed by atoms with Crippen molar-refractivity contribution in [2.45, 2.75) is 39.7 Å². The van der Waals surface area contributed by atoms with Gasteiger partial charge in [0.1, 0.15) is 12.1 Å². The van der Waals surface area contributed by atoms with E-state index < -0.39 is 0 Å². The van der Waals surface area contributed by atoms with Crippen LogP contribution < -0.4 is 10.6 Å². The third-order valence-electron chi connectivity index (χ3n) is 5.89. The zero-order chi connectivity index (χ0) is 25.8. The summed E-state index contributed by atoms with van der Waals surface area (Å²) in [6, 6.07) is 15.6. The first-order chi connectivity index (χ1) is 17.5. The number of benzene rings is 2. The quantitative estimate of drug-likeness (QED) is 0.199. The third-order valence-corrected chi connectivity index (χ3v) is 5.89. The molecule has 8 nitrogen and oxygen atoms in total. The molecule has 1 heterocycles. The van der Waals surface area contributed by atoms with Crippen LogP contribution >= 0.6 is 0 Å². The van der Waals surface area contributed by atoms with E-state index in [0.29, 0.717) is 18.1 Å². The van der Waals surface area contributed by atoms with Gasteiger partial charge in [-0.25, -0.2) is 9.97 Å². The molecule has 190 valence electrons. The zero-order valence-electron chi connectivity index (χ0n) is 21.2. The van der Waals surface area contributed by atoms with Crippen LogP contribution in [0.1, 0.15) is 45.2 Å². The first kappa shape index (κ1) is 26.8. The monoisotopic (exact) mass is 489 g/mol. The highest BCUT2D eigenvalue weighted by molar-refractivity contribution is 6.01. The van der Waals surface area contributed by atoms with Crippen molar-refractivity contribution in [3.05, 3.63) is 72.6 Å². The van der Waals surface area contributed by atoms with Crippen LogP contribution in [0, 0.1) is 0 Å². The number of nitrogens with zero attached hydrogens (tertiary/aromatic N) is 3. The van der Waals surface area contributed by atoms with Crippen molar-refractivity contribution < 1.29 is 14.3 Å². The van der Waals surface area contributed by atoms with Gasteiger partial charge in [0.15, 0.2) is 0 Å². The molecule has 1 amide bonds. The second kappa shape index (κ2) is 13.9. The molecule has 8 heteroatoms. The molecule has 1 aromatic heterocycles. The van der Waals surface area contributed by atoms with Gasteiger partial charge in [-0.15, -0.1) is 0 Å². The lowest BCUT2D eigenvalue weighted by Crippen LogP contribution is -2.25. The van der Waals surface area contributed by atoms with E-state index in [0.717, 1.165) is 42.5 Å². The van der Waals surface area contributed by atoms with Crippen molar-refractivity contribution >= 4 is 34.3 Å². The number of hydrogen-bond acceptors (Lipinski definition) is 7. The molecule has 1 atom stereocenters. The van der Waals surface area contributed by atoms with Crippen LogP contribution in [-0.2, 0) is 14.3 Å². The Hall–Kier alpha value is -3.78. The van der Waals surface area contributed by atoms with E-state index in [-0.39, 0.29) is 24.3 Å². The summed E-state index contributed by atoms with van der Waals surface area (Å²) in [5, 5.41) is 7.06. The van der Waals surface area contributed by atoms with Gasteiger partial charge in [-0.1, -0.05) is 50.3 Å². The smallest absolute Gasteiger partial charge is 0.309 e. The van der Waals surface area contributed by atoms with Gasteiger partial charge in [-0.3, -0.25) is 9.59 Å². The minimum atomic E-state index is -0.343. The normalized spacial score (nSPS) is 12.1. The topological polar surface area (TPSA) is 96.5 Å². The average Bonchev–Trinajstić information content (AvgIpc) is 2.89. The summed E-state index contributed by atoms with van der Waals surface area (Å²) in [6.45, 7) is 9.54. The van der Waals surface area contributed by atoms with Gasteiger partial charge in [0.2, 0.25) is 5.91 Å². The number of esters is 1. The Morgan fingerprint density at radius 2 is 1.86 bits per heavy atom. The lowest BCUT2D eigenvalue weighted by molar-refractivity contribution is -0.142. The van der Waals surface area contributed by atoms with Crippen LogP contribution in [0.3, 0.4) is 0 Å². The maximum absolute atomic E-state index is 12.4. The molecule has 0 aliphatic heterocycles. The number of anilines is 2. The van der Waals surface area contributed by atoms with E-state index in [1.165, 1.54) is 18.5 Å². The maximum Gasteiger partial charge on any atom is 0.309 e. The van der Waals surface area contributed by atoms with Gasteiger partial charge < -0.3 is 20.3 Å². The predicted octanol–water partition coefficient (Wildman–Crippen LogP) is 4.96. The fraction of sp³-hybridized carbons (Fsp3) is 0.357. The number of nitrogens with one attached hydrogen (secondary N) is 2. The molecule has 2 aromatic carbocycles. The van der Waals surface area contributed by atoms with Gasteiger partial charge in [-0.05, 0) is 56.3 Å². The first-order valence-corrected chi connectivity index (χ1v) is 12.4. The molecule has 3 rings (SSSR count). The van der Waals surface area contributed by atoms with E-state index in [9.17, 15) is 9.59 Å². The van der Waals surface area contributed by atoms with E-state index in [4.69, 9.17) is 4.74 Å². The molecule has 0 fully saturated rings. The molecular formula is C28H35N5O3. The van der Waals surface area contributed by atoms with Crippen molar-refractivity contribution in [3.63, 3.8) is 0 Å². The molecule has 0 spiro atoms. The second-order valence-electron chi connectivity index (χ2n) is 8.43. The van der Waals surface area contributed by atoms with E-state index in [1.807, 2.05) is 30.3 Å². The van der Waals surface area contributed by atoms with Gasteiger partial charge in [0.25, 0.3) is 0 Å². The van der Waals surface area contributed by atoms with E-state index in [1.54, 1.807) is 6.07 Å². The highest BCUT2D eigenvalue weighted by atomic mass is 16.5. The molecule has 36 heavy (non-hydrogen) atoms. The molecule has 2 N–H and O–H groups in total. The number of aromatic nitrogens is 2. The van der Waals surface area contributed by atoms with Crippen molar-refractivity contribution in [2.24, 2.45) is 0 Å². The standard InChI is InChI=1S/C28H35N5O3/c1-4-33(5-2)17-10-18-36-27(35)14-9-13-26(34)32-23-15-16-25-24(19-23)28(30-20-29-25)31-21(3)22-11-7-6-8-12-22/h6-9,11-13,15-16,19-21H,4-5,10,14,17-18H2,1-3H3,(H,32,34)(H,29,30,31). The van der Waals surface area contributed by atoms with Crippen LogP contribution in [0.25, 0.3) is 10.9 Å². The summed E-state index contributed by atoms with van der Waals surface area (Å²) in [7, 11) is 0. The molecule has 0 saturated heterocycles. The highest BCUT2D eigenvalue weighted by Gasteiger charge is 2.10. The average molecular weight is 490 g/mol. The number of fused-ring (bicyclic) bond motifs is 1. The molecule has 0 aliphatic rings. The number of hydrogen-bond donors (Lipinski definition) is 2. The fourth-order valence-electron chi connectivity index (χ4n) is 3.80. The van der Waals surface area contributed by atoms with Crippen LogP contribution in [0.2, 0.25) is 0 Å². The van der Waals surface area contributed by atoms with Gasteiger partial charge in [0.05, 0.1) is 18.5 Å². The summed E-state index contributed by atoms with van der Waals surface area (Å²) in [4.78, 5) is 35.3. The number of amides is 1. The highest BCUT2D eigenvalue weighted by Crippen LogP contribution is 2.26. The van der Waals surface area contributed by atoms with Crippen LogP contribution in [-0.4, -0.2) is 53.0 Å². The van der Waals surface area contributed by atoms with Gasteiger partial charge in [0, 0.05) is 23.7 Å². The molecule has 0 saturated carbocycles. The summed E-state index contributed by atoms with van der Waals surface area (Å²) >= 11 is 0. The summed E-state index contributed by atoms with van der Waals surface area (Å²) < 4.78 is 5.24. The summed E-state index contributed by atoms with van der Waals surface area (Å²) in [6.07, 6.45) is 5.23. The largest absolute Gasteiger partial charge is 0.465 e. The number of ether oxygens (including phenoxy) is 1. The van der Waals surface area contributed by atoms with Gasteiger partial charge >= 0.3 is 5.97 Å². The Kier molecular flexibility index (Phi) is 10.4. The number of rotatable bonds is 13. The van der Waals surface area contributed by atoms with Crippen LogP contribution in [0.4, 0.5) is 11.5 Å². The molecule has 1 unspecified atom stereocenters. The minimum Gasteiger partial charge on any atom is -0.465 e. The first-order valence-electron chi connectivity index (χ1n) is 12.4. The zero-order valence-corrected chi connectivity index (χ0v) is 21.2. The Labute approximate surface area is 212 Å². The third kappa shape index (κ3) is 8.16. The summed E-state index contributed by atoms with van der Waals surface area (Å²) in [5.74, 6) is 0.0177. The molecular weight excluding hydrogens is 454 g/mol. The Balaban J connectivity index is 1.53. The molecule has 0 radical (unpaired) electrons. The Morgan fingerprint density at radius 3 is 2.61 bits per heavy atom. The maximum atomic E-state index is 12.4. The number of carbonyl (C=O) groups excluding carboxylic acids is 2. The lowest BCUT2D eigenvalue weighted by atomic mass is 10.1. The van der Waals surface area contributed by atoms with E-state index in [2.05, 4.69) is 58.4 Å². The SMILES string of the molecule is CCN(CC)CCCOC(=O)CC=CC(=O)Nc1ccc2ncnc(NC(C)c3ccccc3)c2c1. The Morgan fingerprint density at radius 1 is 1.08 bits per heavy atom. The fourth-order valence-corrected chi connectivity index (χ4v) is 3.80. The van der Waals surface area contributed by atoms with Crippen LogP contribution in [0.15, 0.2) is 67.0 Å². The van der Waals surface area contributed by atoms with Crippen molar-refractivity contribution in [1.29, 1.82) is 0 Å². The van der Waals surface area contributed by atoms with Crippen molar-refractivity contribution in [2.75, 3.05) is 36.9 Å². The summed E-state index contributed by atoms with van der Waals surface area (Å²) in [5.41, 5.74) is 2.52. The van der Waals surface area contributed by atoms with Crippen molar-refractivity contribution in [3.8, 4) is 0 Å². The van der Waals surface area contributed by atoms with Gasteiger partial charge in [-0.2, -0.15) is 0 Å². The van der Waals surface area contributed by atoms with Crippen molar-refractivity contribution in [1.82, 2.24) is 14.9 Å². The molecule has 0 aliphatic carbocycles. The van der Waals surface area contributed by atoms with E-state index >= 15 is 0 Å². The second-order valence-corrected chi connectivity index (χ2v) is 8.43. The molecule has 3 aromatic rings. The molecule has 0 bridgehead atoms. The van der Waals surface area contributed by atoms with Crippen LogP contribution in [0.5, 0.6) is 0 Å². The predicted molar refractivity (Wildman–Crippen MR) is 144 cm³/mol. The minimum absolute atomic E-state index is 0.0439. The number of carbonyl (C=O) groups is 2. The lowest BCUT2D eigenvalue weighted by Gasteiger charge is -2.17.